The summed E-state index contributed by atoms with van der Waals surface area (Å²) in [6.07, 6.45) is 3.66. The van der Waals surface area contributed by atoms with E-state index in [0.29, 0.717) is 27.9 Å². The molecule has 1 aliphatic carbocycles. The third-order valence-corrected chi connectivity index (χ3v) is 5.38. The summed E-state index contributed by atoms with van der Waals surface area (Å²) in [6, 6.07) is 7.14. The summed E-state index contributed by atoms with van der Waals surface area (Å²) in [5.74, 6) is 0.784. The Labute approximate surface area is 174 Å². The molecule has 6 N–H and O–H groups in total. The molecule has 9 heteroatoms. The molecule has 1 saturated carbocycles. The Balaban J connectivity index is 1.93. The average Bonchev–Trinajstić information content (AvgIpc) is 2.67. The van der Waals surface area contributed by atoms with Crippen LogP contribution >= 0.6 is 11.6 Å². The number of benzene rings is 1. The summed E-state index contributed by atoms with van der Waals surface area (Å²) in [4.78, 5) is 19.5. The van der Waals surface area contributed by atoms with Crippen LogP contribution in [0.3, 0.4) is 0 Å². The number of amides is 1. The maximum atomic E-state index is 11.0. The van der Waals surface area contributed by atoms with Crippen LogP contribution in [0.15, 0.2) is 24.3 Å². The van der Waals surface area contributed by atoms with E-state index >= 15 is 0 Å². The van der Waals surface area contributed by atoms with Crippen molar-refractivity contribution >= 4 is 35.1 Å². The summed E-state index contributed by atoms with van der Waals surface area (Å²) in [5, 5.41) is 11.8. The summed E-state index contributed by atoms with van der Waals surface area (Å²) in [6.45, 7) is 3.04. The van der Waals surface area contributed by atoms with E-state index in [2.05, 4.69) is 26.9 Å². The second-order valence-electron chi connectivity index (χ2n) is 7.42. The molecule has 8 nitrogen and oxygen atoms in total. The quantitative estimate of drug-likeness (QED) is 0.428. The van der Waals surface area contributed by atoms with E-state index in [4.69, 9.17) is 28.5 Å². The Morgan fingerprint density at radius 2 is 2.03 bits per heavy atom. The normalized spacial score (nSPS) is 18.8. The molecule has 1 aliphatic rings. The Morgan fingerprint density at radius 1 is 1.31 bits per heavy atom. The Hall–Kier alpha value is -2.87. The zero-order chi connectivity index (χ0) is 21.0. The number of primary amides is 1. The Kier molecular flexibility index (Phi) is 6.53. The predicted molar refractivity (Wildman–Crippen MR) is 114 cm³/mol. The van der Waals surface area contributed by atoms with Gasteiger partial charge in [-0.05, 0) is 36.8 Å². The van der Waals surface area contributed by atoms with Gasteiger partial charge < -0.3 is 21.5 Å². The van der Waals surface area contributed by atoms with E-state index in [1.54, 1.807) is 18.2 Å². The van der Waals surface area contributed by atoms with E-state index in [1.165, 1.54) is 12.8 Å². The van der Waals surface area contributed by atoms with Gasteiger partial charge in [0.1, 0.15) is 5.69 Å². The fourth-order valence-corrected chi connectivity index (χ4v) is 3.71. The van der Waals surface area contributed by atoms with Crippen LogP contribution in [0, 0.1) is 17.2 Å². The first-order chi connectivity index (χ1) is 13.8. The van der Waals surface area contributed by atoms with Crippen molar-refractivity contribution in [2.45, 2.75) is 32.6 Å². The number of nitrogen functional groups attached to an aromatic ring is 1. The highest BCUT2D eigenvalue weighted by atomic mass is 35.5. The highest BCUT2D eigenvalue weighted by Crippen LogP contribution is 2.33. The van der Waals surface area contributed by atoms with Gasteiger partial charge in [-0.15, -0.1) is 0 Å². The number of aromatic nitrogens is 2. The maximum Gasteiger partial charge on any atom is 0.411 e. The molecule has 1 aromatic heterocycles. The minimum absolute atomic E-state index is 0.131. The molecule has 0 spiro atoms. The predicted octanol–water partition coefficient (Wildman–Crippen LogP) is 4.04. The molecule has 0 saturated heterocycles. The van der Waals surface area contributed by atoms with E-state index in [-0.39, 0.29) is 11.6 Å². The third-order valence-electron chi connectivity index (χ3n) is 5.14. The van der Waals surface area contributed by atoms with Crippen LogP contribution in [-0.4, -0.2) is 28.5 Å². The number of nitrogens with zero attached hydrogens (tertiary/aromatic N) is 2. The number of halogens is 1. The molecule has 29 heavy (non-hydrogen) atoms. The van der Waals surface area contributed by atoms with E-state index in [9.17, 15) is 4.79 Å². The molecule has 1 fully saturated rings. The molecular formula is C20H25ClN6O2. The topological polar surface area (TPSA) is 140 Å². The van der Waals surface area contributed by atoms with Gasteiger partial charge in [-0.25, -0.2) is 14.8 Å². The molecule has 1 aromatic carbocycles. The number of ether oxygens (including phenoxy) is 1. The zero-order valence-electron chi connectivity index (χ0n) is 16.2. The van der Waals surface area contributed by atoms with Gasteiger partial charge >= 0.3 is 6.09 Å². The Bertz CT molecular complexity index is 912. The highest BCUT2D eigenvalue weighted by Gasteiger charge is 2.22. The number of rotatable bonds is 5. The molecule has 0 atom stereocenters. The van der Waals surface area contributed by atoms with Crippen molar-refractivity contribution in [3.05, 3.63) is 35.1 Å². The number of anilines is 2. The van der Waals surface area contributed by atoms with E-state index in [1.807, 2.05) is 6.07 Å². The van der Waals surface area contributed by atoms with E-state index in [0.717, 1.165) is 25.3 Å². The smallest absolute Gasteiger partial charge is 0.388 e. The number of carbonyl (C=O) groups excluding carboxylic acids is 1. The second-order valence-corrected chi connectivity index (χ2v) is 7.86. The third kappa shape index (κ3) is 5.35. The fourth-order valence-electron chi connectivity index (χ4n) is 3.52. The summed E-state index contributed by atoms with van der Waals surface area (Å²) >= 11 is 6.15. The molecule has 0 unspecified atom stereocenters. The van der Waals surface area contributed by atoms with Crippen molar-refractivity contribution in [3.8, 4) is 11.3 Å². The largest absolute Gasteiger partial charge is 0.411 e. The Morgan fingerprint density at radius 3 is 2.69 bits per heavy atom. The fraction of sp³-hybridized carbons (Fsp3) is 0.400. The van der Waals surface area contributed by atoms with Gasteiger partial charge in [0.05, 0.1) is 5.69 Å². The molecule has 3 rings (SSSR count). The first-order valence-corrected chi connectivity index (χ1v) is 9.94. The van der Waals surface area contributed by atoms with Gasteiger partial charge in [0.15, 0.2) is 5.82 Å². The summed E-state index contributed by atoms with van der Waals surface area (Å²) in [5.41, 5.74) is 12.9. The number of nitrogens with two attached hydrogens (primary N) is 2. The van der Waals surface area contributed by atoms with Crippen LogP contribution in [0.5, 0.6) is 0 Å². The van der Waals surface area contributed by atoms with Crippen LogP contribution in [-0.2, 0) is 4.74 Å². The monoisotopic (exact) mass is 416 g/mol. The van der Waals surface area contributed by atoms with Crippen molar-refractivity contribution in [2.24, 2.45) is 17.6 Å². The van der Waals surface area contributed by atoms with Crippen LogP contribution in [0.4, 0.5) is 16.3 Å². The minimum Gasteiger partial charge on any atom is -0.388 e. The lowest BCUT2D eigenvalue weighted by Crippen LogP contribution is -2.23. The number of carbonyl (C=O) groups is 1. The van der Waals surface area contributed by atoms with Gasteiger partial charge in [0.25, 0.3) is 5.90 Å². The number of hydrogen-bond donors (Lipinski definition) is 4. The van der Waals surface area contributed by atoms with Crippen LogP contribution in [0.2, 0.25) is 5.02 Å². The van der Waals surface area contributed by atoms with Gasteiger partial charge in [-0.3, -0.25) is 5.41 Å². The lowest BCUT2D eigenvalue weighted by molar-refractivity contribution is 0.207. The molecule has 0 aliphatic heterocycles. The maximum absolute atomic E-state index is 11.0. The molecule has 2 aromatic rings. The first-order valence-electron chi connectivity index (χ1n) is 9.57. The second kappa shape index (κ2) is 9.09. The van der Waals surface area contributed by atoms with Gasteiger partial charge in [-0.1, -0.05) is 43.5 Å². The summed E-state index contributed by atoms with van der Waals surface area (Å²) < 4.78 is 4.61. The van der Waals surface area contributed by atoms with Gasteiger partial charge in [-0.2, -0.15) is 0 Å². The molecule has 154 valence electrons. The molecule has 1 heterocycles. The highest BCUT2D eigenvalue weighted by molar-refractivity contribution is 6.30. The van der Waals surface area contributed by atoms with Gasteiger partial charge in [0.2, 0.25) is 5.82 Å². The zero-order valence-corrected chi connectivity index (χ0v) is 17.0. The lowest BCUT2D eigenvalue weighted by Gasteiger charge is -2.27. The van der Waals surface area contributed by atoms with Crippen LogP contribution in [0.1, 0.15) is 38.4 Å². The summed E-state index contributed by atoms with van der Waals surface area (Å²) in [7, 11) is 0. The van der Waals surface area contributed by atoms with Crippen molar-refractivity contribution < 1.29 is 9.53 Å². The SMILES string of the molecule is C[C@H]1CC[C@H](CNc2c(N)nc(C(=N)OC(N)=O)nc2-c2cccc(Cl)c2)CC1. The standard InChI is InChI=1S/C20H25ClN6O2/c1-11-5-7-12(8-6-11)10-25-16-15(13-3-2-4-14(21)9-13)26-19(27-17(16)22)18(23)29-20(24)28/h2-4,9,11-12,23,25H,5-8,10H2,1H3,(H2,24,28)(H2,22,26,27)/t11-,12-. The van der Waals surface area contributed by atoms with Crippen LogP contribution in [0.25, 0.3) is 11.3 Å². The van der Waals surface area contributed by atoms with Gasteiger partial charge in [0, 0.05) is 17.1 Å². The molecule has 1 amide bonds. The van der Waals surface area contributed by atoms with Crippen molar-refractivity contribution in [1.82, 2.24) is 9.97 Å². The van der Waals surface area contributed by atoms with Crippen molar-refractivity contribution in [1.29, 1.82) is 5.41 Å². The average molecular weight is 417 g/mol. The van der Waals surface area contributed by atoms with Crippen LogP contribution < -0.4 is 16.8 Å². The van der Waals surface area contributed by atoms with E-state index < -0.39 is 12.0 Å². The number of nitrogens with one attached hydrogen (secondary N) is 2. The number of hydrogen-bond acceptors (Lipinski definition) is 7. The molecule has 0 radical (unpaired) electrons. The first kappa shape index (κ1) is 20.9. The lowest BCUT2D eigenvalue weighted by atomic mass is 9.83. The molecular weight excluding hydrogens is 392 g/mol. The molecule has 0 bridgehead atoms. The van der Waals surface area contributed by atoms with Crippen molar-refractivity contribution in [3.63, 3.8) is 0 Å². The minimum atomic E-state index is -1.12. The van der Waals surface area contributed by atoms with Crippen molar-refractivity contribution in [2.75, 3.05) is 17.6 Å².